The Bertz CT molecular complexity index is 1510. The zero-order chi connectivity index (χ0) is 29.5. The van der Waals surface area contributed by atoms with Crippen molar-refractivity contribution in [3.05, 3.63) is 114 Å². The van der Waals surface area contributed by atoms with E-state index in [9.17, 15) is 18.0 Å². The van der Waals surface area contributed by atoms with E-state index in [1.807, 2.05) is 0 Å². The predicted octanol–water partition coefficient (Wildman–Crippen LogP) is 4.94. The Labute approximate surface area is 235 Å². The second-order valence-corrected chi connectivity index (χ2v) is 10.6. The molecule has 1 aliphatic heterocycles. The van der Waals surface area contributed by atoms with Gasteiger partial charge in [-0.25, -0.2) is 13.8 Å². The smallest absolute Gasteiger partial charge is 0.337 e. The summed E-state index contributed by atoms with van der Waals surface area (Å²) in [6.45, 7) is 0.940. The number of hydrogen-bond donors (Lipinski definition) is 0. The summed E-state index contributed by atoms with van der Waals surface area (Å²) in [5.41, 5.74) is 2.05. The van der Waals surface area contributed by atoms with Gasteiger partial charge in [0.1, 0.15) is 12.7 Å². The van der Waals surface area contributed by atoms with Gasteiger partial charge in [0.05, 0.1) is 4.90 Å². The van der Waals surface area contributed by atoms with Crippen molar-refractivity contribution in [1.82, 2.24) is 0 Å². The fourth-order valence-electron chi connectivity index (χ4n) is 3.78. The number of hydrogen-bond acceptors (Lipinski definition) is 8. The number of halogens is 2. The Balaban J connectivity index is 1.51. The summed E-state index contributed by atoms with van der Waals surface area (Å²) in [5, 5.41) is 0. The van der Waals surface area contributed by atoms with Crippen LogP contribution in [0.3, 0.4) is 0 Å². The van der Waals surface area contributed by atoms with E-state index in [1.165, 1.54) is 36.4 Å². The number of aryl methyl sites for hydroxylation is 1. The van der Waals surface area contributed by atoms with Crippen molar-refractivity contribution in [2.45, 2.75) is 36.2 Å². The number of alkyl halides is 2. The van der Waals surface area contributed by atoms with E-state index in [-0.39, 0.29) is 4.90 Å². The molecule has 0 spiro atoms. The lowest BCUT2D eigenvalue weighted by atomic mass is 10.1. The normalized spacial score (nSPS) is 20.3. The first kappa shape index (κ1) is 29.8. The SMILES string of the molecule is Cc1ccc(S(=O)(=O)OC2O[C@H](COC(=O)C=Cc3ccccc3)[C@@H](OC(=O)C=Cc3ccccc3)C2(F)F)cc1. The molecule has 8 nitrogen and oxygen atoms in total. The van der Waals surface area contributed by atoms with Crippen molar-refractivity contribution in [2.24, 2.45) is 0 Å². The molecule has 1 fully saturated rings. The number of carbonyl (C=O) groups is 2. The molecule has 1 unspecified atom stereocenters. The third-order valence-corrected chi connectivity index (χ3v) is 7.19. The van der Waals surface area contributed by atoms with Crippen molar-refractivity contribution in [3.8, 4) is 0 Å². The highest BCUT2D eigenvalue weighted by Crippen LogP contribution is 2.40. The number of benzene rings is 3. The maximum atomic E-state index is 15.5. The fraction of sp³-hybridized carbons (Fsp3) is 0.200. The first-order chi connectivity index (χ1) is 19.5. The summed E-state index contributed by atoms with van der Waals surface area (Å²) in [6, 6.07) is 22.7. The average Bonchev–Trinajstić information content (AvgIpc) is 3.18. The maximum absolute atomic E-state index is 15.5. The molecule has 11 heteroatoms. The van der Waals surface area contributed by atoms with Crippen LogP contribution in [-0.4, -0.2) is 51.4 Å². The maximum Gasteiger partial charge on any atom is 0.337 e. The molecule has 214 valence electrons. The second kappa shape index (κ2) is 13.0. The first-order valence-electron chi connectivity index (χ1n) is 12.4. The summed E-state index contributed by atoms with van der Waals surface area (Å²) < 4.78 is 76.4. The lowest BCUT2D eigenvalue weighted by Gasteiger charge is -2.22. The molecular weight excluding hydrogens is 558 g/mol. The molecule has 0 radical (unpaired) electrons. The molecule has 0 aromatic heterocycles. The summed E-state index contributed by atoms with van der Waals surface area (Å²) >= 11 is 0. The molecule has 3 aromatic rings. The van der Waals surface area contributed by atoms with Crippen LogP contribution in [0.15, 0.2) is 102 Å². The fourth-order valence-corrected chi connectivity index (χ4v) is 4.76. The van der Waals surface area contributed by atoms with Crippen LogP contribution in [0.4, 0.5) is 8.78 Å². The Morgan fingerprint density at radius 3 is 1.95 bits per heavy atom. The van der Waals surface area contributed by atoms with E-state index in [4.69, 9.17) is 18.4 Å². The lowest BCUT2D eigenvalue weighted by molar-refractivity contribution is -0.191. The van der Waals surface area contributed by atoms with Crippen molar-refractivity contribution < 1.29 is 45.2 Å². The van der Waals surface area contributed by atoms with E-state index in [0.29, 0.717) is 11.1 Å². The topological polar surface area (TPSA) is 105 Å². The lowest BCUT2D eigenvalue weighted by Crippen LogP contribution is -2.45. The minimum atomic E-state index is -4.70. The third-order valence-electron chi connectivity index (χ3n) is 5.91. The van der Waals surface area contributed by atoms with Gasteiger partial charge in [-0.3, -0.25) is 0 Å². The van der Waals surface area contributed by atoms with Crippen molar-refractivity contribution in [1.29, 1.82) is 0 Å². The van der Waals surface area contributed by atoms with Gasteiger partial charge >= 0.3 is 17.9 Å². The van der Waals surface area contributed by atoms with Crippen LogP contribution >= 0.6 is 0 Å². The van der Waals surface area contributed by atoms with E-state index in [1.54, 1.807) is 67.6 Å². The molecule has 0 amide bonds. The predicted molar refractivity (Wildman–Crippen MR) is 145 cm³/mol. The van der Waals surface area contributed by atoms with Gasteiger partial charge in [0, 0.05) is 12.2 Å². The number of rotatable bonds is 10. The second-order valence-electron chi connectivity index (χ2n) is 9.02. The molecule has 4 rings (SSSR count). The van der Waals surface area contributed by atoms with E-state index in [2.05, 4.69) is 0 Å². The van der Waals surface area contributed by atoms with Gasteiger partial charge in [0.25, 0.3) is 10.1 Å². The molecule has 41 heavy (non-hydrogen) atoms. The quantitative estimate of drug-likeness (QED) is 0.188. The molecule has 0 saturated carbocycles. The van der Waals surface area contributed by atoms with Crippen molar-refractivity contribution in [2.75, 3.05) is 6.61 Å². The van der Waals surface area contributed by atoms with Crippen LogP contribution in [0.5, 0.6) is 0 Å². The number of carbonyl (C=O) groups excluding carboxylic acids is 2. The molecule has 1 aliphatic rings. The van der Waals surface area contributed by atoms with Gasteiger partial charge < -0.3 is 14.2 Å². The molecule has 3 atom stereocenters. The van der Waals surface area contributed by atoms with Gasteiger partial charge in [0.15, 0.2) is 0 Å². The standard InChI is InChI=1S/C30H26F2O8S/c1-21-12-16-24(17-13-21)41(35,36)40-29-30(31,32)28(39-27(34)19-15-23-10-6-3-7-11-23)25(38-29)20-37-26(33)18-14-22-8-4-2-5-9-22/h2-19,25,28-29H,20H2,1H3/t25-,28-,29?/m1/s1. The van der Waals surface area contributed by atoms with Gasteiger partial charge in [-0.05, 0) is 42.3 Å². The molecule has 0 N–H and O–H groups in total. The number of ether oxygens (including phenoxy) is 3. The highest BCUT2D eigenvalue weighted by Gasteiger charge is 2.63. The first-order valence-corrected chi connectivity index (χ1v) is 13.8. The van der Waals surface area contributed by atoms with Gasteiger partial charge in [-0.1, -0.05) is 78.4 Å². The largest absolute Gasteiger partial charge is 0.460 e. The van der Waals surface area contributed by atoms with Crippen LogP contribution < -0.4 is 0 Å². The zero-order valence-electron chi connectivity index (χ0n) is 21.8. The Hall–Kier alpha value is -4.19. The van der Waals surface area contributed by atoms with Gasteiger partial charge in [-0.15, -0.1) is 0 Å². The summed E-state index contributed by atoms with van der Waals surface area (Å²) in [4.78, 5) is 24.3. The molecule has 0 aliphatic carbocycles. The highest BCUT2D eigenvalue weighted by atomic mass is 32.2. The highest BCUT2D eigenvalue weighted by molar-refractivity contribution is 7.86. The van der Waals surface area contributed by atoms with Gasteiger partial charge in [0.2, 0.25) is 12.4 Å². The van der Waals surface area contributed by atoms with Crippen molar-refractivity contribution >= 4 is 34.2 Å². The number of esters is 2. The average molecular weight is 585 g/mol. The van der Waals surface area contributed by atoms with Crippen molar-refractivity contribution in [3.63, 3.8) is 0 Å². The Morgan fingerprint density at radius 2 is 1.39 bits per heavy atom. The van der Waals surface area contributed by atoms with E-state index >= 15 is 8.78 Å². The van der Waals surface area contributed by atoms with Crippen LogP contribution in [0.1, 0.15) is 16.7 Å². The van der Waals surface area contributed by atoms with Crippen LogP contribution in [-0.2, 0) is 38.1 Å². The van der Waals surface area contributed by atoms with Crippen LogP contribution in [0.25, 0.3) is 12.2 Å². The molecule has 3 aromatic carbocycles. The van der Waals surface area contributed by atoms with Crippen LogP contribution in [0.2, 0.25) is 0 Å². The van der Waals surface area contributed by atoms with Crippen LogP contribution in [0, 0.1) is 6.92 Å². The van der Waals surface area contributed by atoms with Gasteiger partial charge in [-0.2, -0.15) is 17.2 Å². The third kappa shape index (κ3) is 7.94. The Morgan fingerprint density at radius 1 is 0.854 bits per heavy atom. The van der Waals surface area contributed by atoms with E-state index < -0.39 is 53.1 Å². The monoisotopic (exact) mass is 584 g/mol. The summed E-state index contributed by atoms with van der Waals surface area (Å²) in [7, 11) is -4.70. The molecule has 0 bridgehead atoms. The minimum absolute atomic E-state index is 0.372. The summed E-state index contributed by atoms with van der Waals surface area (Å²) in [5.74, 6) is -6.17. The molecule has 1 saturated heterocycles. The van der Waals surface area contributed by atoms with E-state index in [0.717, 1.165) is 17.7 Å². The minimum Gasteiger partial charge on any atom is -0.460 e. The molecule has 1 heterocycles. The summed E-state index contributed by atoms with van der Waals surface area (Å²) in [6.07, 6.45) is -1.90. The molecular formula is C30H26F2O8S. The Kier molecular flexibility index (Phi) is 9.43. The zero-order valence-corrected chi connectivity index (χ0v) is 22.6.